The van der Waals surface area contributed by atoms with Gasteiger partial charge in [-0.2, -0.15) is 0 Å². The van der Waals surface area contributed by atoms with Crippen molar-refractivity contribution in [3.8, 4) is 5.75 Å². The second-order valence-corrected chi connectivity index (χ2v) is 11.7. The molecule has 0 aliphatic heterocycles. The molecular weight excluding hydrogens is 576 g/mol. The highest BCUT2D eigenvalue weighted by atomic mass is 79.9. The molecule has 0 aromatic heterocycles. The molecule has 0 unspecified atom stereocenters. The van der Waals surface area contributed by atoms with Gasteiger partial charge in [-0.1, -0.05) is 92.9 Å². The zero-order chi connectivity index (χ0) is 27.8. The van der Waals surface area contributed by atoms with Crippen LogP contribution in [-0.4, -0.2) is 35.4 Å². The Bertz CT molecular complexity index is 1260. The molecule has 2 amide bonds. The van der Waals surface area contributed by atoms with E-state index >= 15 is 0 Å². The number of amides is 2. The van der Waals surface area contributed by atoms with Crippen molar-refractivity contribution in [2.75, 3.05) is 6.61 Å². The summed E-state index contributed by atoms with van der Waals surface area (Å²) < 4.78 is 6.78. The maximum absolute atomic E-state index is 13.9. The van der Waals surface area contributed by atoms with E-state index in [0.717, 1.165) is 41.3 Å². The number of carbonyl (C=O) groups excluding carboxylic acids is 2. The number of nitrogens with zero attached hydrogens (tertiary/aromatic N) is 1. The summed E-state index contributed by atoms with van der Waals surface area (Å²) >= 11 is 10.1. The van der Waals surface area contributed by atoms with Crippen LogP contribution in [0.2, 0.25) is 5.02 Å². The van der Waals surface area contributed by atoms with Crippen LogP contribution in [0.1, 0.15) is 62.1 Å². The Labute approximate surface area is 245 Å². The molecule has 7 heteroatoms. The Morgan fingerprint density at radius 1 is 1.03 bits per heavy atom. The number of hydrogen-bond acceptors (Lipinski definition) is 3. The summed E-state index contributed by atoms with van der Waals surface area (Å²) in [6, 6.07) is 22.6. The van der Waals surface area contributed by atoms with Gasteiger partial charge in [0.1, 0.15) is 11.8 Å². The first-order chi connectivity index (χ1) is 18.8. The highest BCUT2D eigenvalue weighted by Crippen LogP contribution is 2.29. The molecule has 0 bridgehead atoms. The van der Waals surface area contributed by atoms with Crippen LogP contribution in [0.25, 0.3) is 0 Å². The first-order valence-corrected chi connectivity index (χ1v) is 14.8. The highest BCUT2D eigenvalue weighted by molar-refractivity contribution is 9.10. The molecule has 1 aliphatic carbocycles. The van der Waals surface area contributed by atoms with Crippen molar-refractivity contribution in [1.29, 1.82) is 0 Å². The number of carbonyl (C=O) groups is 2. The molecule has 1 aliphatic rings. The van der Waals surface area contributed by atoms with Crippen molar-refractivity contribution < 1.29 is 14.3 Å². The fourth-order valence-electron chi connectivity index (χ4n) is 4.95. The average molecular weight is 612 g/mol. The summed E-state index contributed by atoms with van der Waals surface area (Å²) in [5, 5.41) is 3.77. The zero-order valence-electron chi connectivity index (χ0n) is 22.5. The van der Waals surface area contributed by atoms with Gasteiger partial charge in [-0.3, -0.25) is 9.59 Å². The quantitative estimate of drug-likeness (QED) is 0.247. The minimum Gasteiger partial charge on any atom is -0.483 e. The topological polar surface area (TPSA) is 58.6 Å². The first kappa shape index (κ1) is 29.2. The Balaban J connectivity index is 1.61. The van der Waals surface area contributed by atoms with E-state index in [4.69, 9.17) is 16.3 Å². The molecule has 1 fully saturated rings. The summed E-state index contributed by atoms with van der Waals surface area (Å²) in [6.07, 6.45) is 4.53. The molecule has 1 atom stereocenters. The van der Waals surface area contributed by atoms with Crippen molar-refractivity contribution in [2.24, 2.45) is 0 Å². The molecule has 4 rings (SSSR count). The van der Waals surface area contributed by atoms with Crippen molar-refractivity contribution in [1.82, 2.24) is 10.2 Å². The Morgan fingerprint density at radius 3 is 2.38 bits per heavy atom. The molecule has 0 radical (unpaired) electrons. The molecule has 206 valence electrons. The van der Waals surface area contributed by atoms with Gasteiger partial charge in [0.15, 0.2) is 6.61 Å². The van der Waals surface area contributed by atoms with E-state index in [1.165, 1.54) is 5.56 Å². The van der Waals surface area contributed by atoms with Gasteiger partial charge in [0.2, 0.25) is 5.91 Å². The number of rotatable bonds is 11. The van der Waals surface area contributed by atoms with Gasteiger partial charge in [-0.25, -0.2) is 0 Å². The van der Waals surface area contributed by atoms with Crippen LogP contribution in [0.4, 0.5) is 0 Å². The standard InChI is InChI=1S/C32H36BrClN2O3/c1-22(2)24-16-17-30(27(33)19-24)39-21-31(37)36(20-25-12-6-9-15-28(25)34)29(18-23-10-4-3-5-11-23)32(38)35-26-13-7-8-14-26/h3-6,9-12,15-17,19,22,26,29H,7-8,13-14,18,20-21H2,1-2H3,(H,35,38)/t29-/m1/s1. The van der Waals surface area contributed by atoms with Crippen molar-refractivity contribution in [3.05, 3.63) is 99.0 Å². The third-order valence-corrected chi connectivity index (χ3v) is 8.23. The van der Waals surface area contributed by atoms with Crippen LogP contribution in [-0.2, 0) is 22.6 Å². The smallest absolute Gasteiger partial charge is 0.261 e. The molecule has 0 heterocycles. The molecule has 1 saturated carbocycles. The van der Waals surface area contributed by atoms with Crippen LogP contribution in [0.5, 0.6) is 5.75 Å². The lowest BCUT2D eigenvalue weighted by molar-refractivity contribution is -0.143. The van der Waals surface area contributed by atoms with Gasteiger partial charge in [0.05, 0.1) is 4.47 Å². The Kier molecular flexibility index (Phi) is 10.5. The highest BCUT2D eigenvalue weighted by Gasteiger charge is 2.32. The van der Waals surface area contributed by atoms with Crippen LogP contribution in [0, 0.1) is 0 Å². The molecule has 1 N–H and O–H groups in total. The van der Waals surface area contributed by atoms with E-state index in [1.54, 1.807) is 11.0 Å². The molecule has 3 aromatic carbocycles. The monoisotopic (exact) mass is 610 g/mol. The summed E-state index contributed by atoms with van der Waals surface area (Å²) in [5.74, 6) is 0.534. The minimum absolute atomic E-state index is 0.139. The molecule has 0 saturated heterocycles. The second kappa shape index (κ2) is 14.0. The van der Waals surface area contributed by atoms with Crippen LogP contribution < -0.4 is 10.1 Å². The van der Waals surface area contributed by atoms with Crippen LogP contribution >= 0.6 is 27.5 Å². The number of nitrogens with one attached hydrogen (secondary N) is 1. The average Bonchev–Trinajstić information content (AvgIpc) is 3.44. The molecular formula is C32H36BrClN2O3. The number of benzene rings is 3. The van der Waals surface area contributed by atoms with Gasteiger partial charge in [0.25, 0.3) is 5.91 Å². The number of ether oxygens (including phenoxy) is 1. The predicted octanol–water partition coefficient (Wildman–Crippen LogP) is 7.30. The van der Waals surface area contributed by atoms with Gasteiger partial charge >= 0.3 is 0 Å². The van der Waals surface area contributed by atoms with Crippen LogP contribution in [0.15, 0.2) is 77.3 Å². The van der Waals surface area contributed by atoms with Crippen molar-refractivity contribution in [3.63, 3.8) is 0 Å². The SMILES string of the molecule is CC(C)c1ccc(OCC(=O)N(Cc2ccccc2Cl)[C@H](Cc2ccccc2)C(=O)NC2CCCC2)c(Br)c1. The van der Waals surface area contributed by atoms with E-state index in [2.05, 4.69) is 35.1 Å². The molecule has 5 nitrogen and oxygen atoms in total. The van der Waals surface area contributed by atoms with E-state index in [-0.39, 0.29) is 31.0 Å². The summed E-state index contributed by atoms with van der Waals surface area (Å²) in [4.78, 5) is 29.2. The number of halogens is 2. The normalized spacial score (nSPS) is 14.3. The summed E-state index contributed by atoms with van der Waals surface area (Å²) in [6.45, 7) is 4.25. The summed E-state index contributed by atoms with van der Waals surface area (Å²) in [5.41, 5.74) is 2.93. The maximum Gasteiger partial charge on any atom is 0.261 e. The van der Waals surface area contributed by atoms with E-state index < -0.39 is 6.04 Å². The maximum atomic E-state index is 13.9. The first-order valence-electron chi connectivity index (χ1n) is 13.6. The van der Waals surface area contributed by atoms with Crippen molar-refractivity contribution in [2.45, 2.75) is 70.5 Å². The Morgan fingerprint density at radius 2 is 1.72 bits per heavy atom. The minimum atomic E-state index is -0.716. The van der Waals surface area contributed by atoms with Gasteiger partial charge in [-0.05, 0) is 69.6 Å². The van der Waals surface area contributed by atoms with E-state index in [0.29, 0.717) is 23.1 Å². The third-order valence-electron chi connectivity index (χ3n) is 7.24. The lowest BCUT2D eigenvalue weighted by atomic mass is 10.0. The molecule has 0 spiro atoms. The molecule has 3 aromatic rings. The largest absolute Gasteiger partial charge is 0.483 e. The lowest BCUT2D eigenvalue weighted by Gasteiger charge is -2.32. The lowest BCUT2D eigenvalue weighted by Crippen LogP contribution is -2.53. The fourth-order valence-corrected chi connectivity index (χ4v) is 5.65. The fraction of sp³-hybridized carbons (Fsp3) is 0.375. The summed E-state index contributed by atoms with van der Waals surface area (Å²) in [7, 11) is 0. The van der Waals surface area contributed by atoms with Gasteiger partial charge in [0, 0.05) is 24.0 Å². The van der Waals surface area contributed by atoms with Gasteiger partial charge < -0.3 is 15.0 Å². The van der Waals surface area contributed by atoms with E-state index in [1.807, 2.05) is 66.7 Å². The third kappa shape index (κ3) is 8.09. The van der Waals surface area contributed by atoms with Crippen LogP contribution in [0.3, 0.4) is 0 Å². The van der Waals surface area contributed by atoms with Gasteiger partial charge in [-0.15, -0.1) is 0 Å². The number of hydrogen-bond donors (Lipinski definition) is 1. The Hall–Kier alpha value is -2.83. The molecule has 39 heavy (non-hydrogen) atoms. The predicted molar refractivity (Wildman–Crippen MR) is 160 cm³/mol. The van der Waals surface area contributed by atoms with Crippen molar-refractivity contribution >= 4 is 39.3 Å². The van der Waals surface area contributed by atoms with E-state index in [9.17, 15) is 9.59 Å². The zero-order valence-corrected chi connectivity index (χ0v) is 24.9. The second-order valence-electron chi connectivity index (χ2n) is 10.4.